The summed E-state index contributed by atoms with van der Waals surface area (Å²) in [6.07, 6.45) is -2.58. The number of aromatic nitrogens is 1. The van der Waals surface area contributed by atoms with Gasteiger partial charge in [0.1, 0.15) is 10.6 Å². The third-order valence-electron chi connectivity index (χ3n) is 1.35. The minimum absolute atomic E-state index is 0.194. The largest absolute Gasteiger partial charge is 0.318 e. The van der Waals surface area contributed by atoms with E-state index in [2.05, 4.69) is 20.9 Å². The Morgan fingerprint density at radius 2 is 2.08 bits per heavy atom. The Kier molecular flexibility index (Phi) is 3.11. The molecule has 1 rings (SSSR count). The number of hydrogen-bond donors (Lipinski definition) is 1. The normalized spacial score (nSPS) is 13.4. The van der Waals surface area contributed by atoms with E-state index in [0.29, 0.717) is 4.60 Å². The van der Waals surface area contributed by atoms with Crippen molar-refractivity contribution in [1.29, 1.82) is 0 Å². The van der Waals surface area contributed by atoms with Crippen LogP contribution in [0.25, 0.3) is 0 Å². The highest BCUT2D eigenvalue weighted by Gasteiger charge is 2.18. The van der Waals surface area contributed by atoms with Crippen LogP contribution in [0.15, 0.2) is 22.8 Å². The Balaban J connectivity index is 2.88. The number of nitrogens with two attached hydrogens (primary N) is 1. The van der Waals surface area contributed by atoms with E-state index in [0.717, 1.165) is 0 Å². The van der Waals surface area contributed by atoms with Crippen molar-refractivity contribution in [3.05, 3.63) is 28.5 Å². The molecular formula is C7H7BrF2N2. The van der Waals surface area contributed by atoms with Crippen LogP contribution >= 0.6 is 15.9 Å². The van der Waals surface area contributed by atoms with Crippen molar-refractivity contribution in [2.24, 2.45) is 5.73 Å². The zero-order valence-corrected chi connectivity index (χ0v) is 7.63. The van der Waals surface area contributed by atoms with Gasteiger partial charge in [0.15, 0.2) is 0 Å². The summed E-state index contributed by atoms with van der Waals surface area (Å²) in [5.41, 5.74) is 5.37. The Hall–Kier alpha value is -0.550. The molecule has 1 unspecified atom stereocenters. The predicted molar refractivity (Wildman–Crippen MR) is 44.9 cm³/mol. The van der Waals surface area contributed by atoms with E-state index in [-0.39, 0.29) is 5.69 Å². The molecule has 2 nitrogen and oxygen atoms in total. The molecule has 0 bridgehead atoms. The van der Waals surface area contributed by atoms with E-state index in [1.807, 2.05) is 0 Å². The van der Waals surface area contributed by atoms with Gasteiger partial charge in [-0.3, -0.25) is 0 Å². The van der Waals surface area contributed by atoms with E-state index < -0.39 is 12.5 Å². The summed E-state index contributed by atoms with van der Waals surface area (Å²) in [5, 5.41) is 0. The second-order valence-electron chi connectivity index (χ2n) is 2.25. The summed E-state index contributed by atoms with van der Waals surface area (Å²) in [6.45, 7) is 0. The third kappa shape index (κ3) is 2.22. The van der Waals surface area contributed by atoms with Gasteiger partial charge in [-0.25, -0.2) is 13.8 Å². The van der Waals surface area contributed by atoms with Crippen molar-refractivity contribution >= 4 is 15.9 Å². The number of alkyl halides is 2. The van der Waals surface area contributed by atoms with Crippen LogP contribution in [-0.2, 0) is 0 Å². The summed E-state index contributed by atoms with van der Waals surface area (Å²) in [7, 11) is 0. The number of rotatable bonds is 2. The Labute approximate surface area is 76.9 Å². The molecule has 0 radical (unpaired) electrons. The molecule has 1 aromatic rings. The summed E-state index contributed by atoms with van der Waals surface area (Å²) < 4.78 is 24.6. The fraction of sp³-hybridized carbons (Fsp3) is 0.286. The van der Waals surface area contributed by atoms with Gasteiger partial charge >= 0.3 is 0 Å². The van der Waals surface area contributed by atoms with Crippen LogP contribution in [0.1, 0.15) is 11.7 Å². The maximum Gasteiger partial charge on any atom is 0.259 e. The van der Waals surface area contributed by atoms with Gasteiger partial charge in [0.25, 0.3) is 6.43 Å². The molecular weight excluding hydrogens is 230 g/mol. The lowest BCUT2D eigenvalue weighted by molar-refractivity contribution is 0.114. The maximum absolute atomic E-state index is 12.1. The third-order valence-corrected chi connectivity index (χ3v) is 1.79. The molecule has 5 heteroatoms. The molecule has 0 fully saturated rings. The number of halogens is 3. The SMILES string of the molecule is NC(c1cccc(Br)n1)C(F)F. The molecule has 0 aliphatic rings. The maximum atomic E-state index is 12.1. The highest BCUT2D eigenvalue weighted by atomic mass is 79.9. The van der Waals surface area contributed by atoms with Crippen LogP contribution in [-0.4, -0.2) is 11.4 Å². The topological polar surface area (TPSA) is 38.9 Å². The van der Waals surface area contributed by atoms with Gasteiger partial charge < -0.3 is 5.73 Å². The molecule has 1 heterocycles. The van der Waals surface area contributed by atoms with Crippen molar-refractivity contribution < 1.29 is 8.78 Å². The molecule has 0 aliphatic heterocycles. The number of pyridine rings is 1. The lowest BCUT2D eigenvalue weighted by Gasteiger charge is -2.08. The zero-order valence-electron chi connectivity index (χ0n) is 6.05. The Morgan fingerprint density at radius 1 is 1.42 bits per heavy atom. The molecule has 1 aromatic heterocycles. The van der Waals surface area contributed by atoms with Crippen LogP contribution in [0.2, 0.25) is 0 Å². The van der Waals surface area contributed by atoms with Crippen LogP contribution in [0.5, 0.6) is 0 Å². The van der Waals surface area contributed by atoms with Gasteiger partial charge in [-0.05, 0) is 28.1 Å². The first kappa shape index (κ1) is 9.54. The van der Waals surface area contributed by atoms with Crippen molar-refractivity contribution in [3.63, 3.8) is 0 Å². The molecule has 0 saturated heterocycles. The van der Waals surface area contributed by atoms with Gasteiger partial charge in [0, 0.05) is 0 Å². The zero-order chi connectivity index (χ0) is 9.14. The molecule has 0 amide bonds. The van der Waals surface area contributed by atoms with Crippen LogP contribution < -0.4 is 5.73 Å². The molecule has 2 N–H and O–H groups in total. The fourth-order valence-electron chi connectivity index (χ4n) is 0.739. The monoisotopic (exact) mass is 236 g/mol. The highest BCUT2D eigenvalue weighted by Crippen LogP contribution is 2.17. The standard InChI is InChI=1S/C7H7BrF2N2/c8-5-3-1-2-4(12-5)6(11)7(9)10/h1-3,6-7H,11H2. The summed E-state index contributed by atoms with van der Waals surface area (Å²) in [5.74, 6) is 0. The van der Waals surface area contributed by atoms with Crippen molar-refractivity contribution in [1.82, 2.24) is 4.98 Å². The average Bonchev–Trinajstić information content (AvgIpc) is 2.03. The number of nitrogens with zero attached hydrogens (tertiary/aromatic N) is 1. The summed E-state index contributed by atoms with van der Waals surface area (Å²) >= 11 is 3.07. The van der Waals surface area contributed by atoms with Gasteiger partial charge in [-0.15, -0.1) is 0 Å². The second-order valence-corrected chi connectivity index (χ2v) is 3.06. The quantitative estimate of drug-likeness (QED) is 0.800. The number of hydrogen-bond acceptors (Lipinski definition) is 2. The van der Waals surface area contributed by atoms with Crippen molar-refractivity contribution in [2.45, 2.75) is 12.5 Å². The van der Waals surface area contributed by atoms with Crippen molar-refractivity contribution in [3.8, 4) is 0 Å². The Bertz CT molecular complexity index is 267. The van der Waals surface area contributed by atoms with E-state index >= 15 is 0 Å². The molecule has 1 atom stereocenters. The molecule has 0 saturated carbocycles. The Morgan fingerprint density at radius 3 is 2.58 bits per heavy atom. The lowest BCUT2D eigenvalue weighted by Crippen LogP contribution is -2.20. The molecule has 12 heavy (non-hydrogen) atoms. The lowest BCUT2D eigenvalue weighted by atomic mass is 10.2. The summed E-state index contributed by atoms with van der Waals surface area (Å²) in [4.78, 5) is 3.81. The first-order valence-corrected chi connectivity index (χ1v) is 4.06. The molecule has 66 valence electrons. The second kappa shape index (κ2) is 3.91. The van der Waals surface area contributed by atoms with Gasteiger partial charge in [-0.1, -0.05) is 6.07 Å². The molecule has 0 aliphatic carbocycles. The molecule has 0 aromatic carbocycles. The van der Waals surface area contributed by atoms with Crippen LogP contribution in [0, 0.1) is 0 Å². The smallest absolute Gasteiger partial charge is 0.259 e. The van der Waals surface area contributed by atoms with Gasteiger partial charge in [0.2, 0.25) is 0 Å². The minimum Gasteiger partial charge on any atom is -0.318 e. The average molecular weight is 237 g/mol. The van der Waals surface area contributed by atoms with E-state index in [1.54, 1.807) is 12.1 Å². The molecule has 0 spiro atoms. The fourth-order valence-corrected chi connectivity index (χ4v) is 1.10. The minimum atomic E-state index is -2.58. The van der Waals surface area contributed by atoms with E-state index in [1.165, 1.54) is 6.07 Å². The van der Waals surface area contributed by atoms with Crippen LogP contribution in [0.4, 0.5) is 8.78 Å². The van der Waals surface area contributed by atoms with E-state index in [9.17, 15) is 8.78 Å². The van der Waals surface area contributed by atoms with Gasteiger partial charge in [0.05, 0.1) is 5.69 Å². The first-order valence-electron chi connectivity index (χ1n) is 3.27. The van der Waals surface area contributed by atoms with Gasteiger partial charge in [-0.2, -0.15) is 0 Å². The van der Waals surface area contributed by atoms with E-state index in [4.69, 9.17) is 5.73 Å². The summed E-state index contributed by atoms with van der Waals surface area (Å²) in [6, 6.07) is 3.44. The first-order chi connectivity index (χ1) is 5.61. The van der Waals surface area contributed by atoms with Crippen LogP contribution in [0.3, 0.4) is 0 Å². The van der Waals surface area contributed by atoms with Crippen molar-refractivity contribution in [2.75, 3.05) is 0 Å². The predicted octanol–water partition coefficient (Wildman–Crippen LogP) is 2.11. The highest BCUT2D eigenvalue weighted by molar-refractivity contribution is 9.10.